The van der Waals surface area contributed by atoms with Crippen LogP contribution < -0.4 is 0 Å². The van der Waals surface area contributed by atoms with Gasteiger partial charge in [0, 0.05) is 0 Å². The van der Waals surface area contributed by atoms with Gasteiger partial charge in [-0.2, -0.15) is 0 Å². The minimum absolute atomic E-state index is 0.0277. The molecule has 0 amide bonds. The maximum absolute atomic E-state index is 12.4. The Morgan fingerprint density at radius 2 is 1.20 bits per heavy atom. The summed E-state index contributed by atoms with van der Waals surface area (Å²) in [7, 11) is 0. The van der Waals surface area contributed by atoms with Gasteiger partial charge in [-0.3, -0.25) is 9.59 Å². The first-order valence-corrected chi connectivity index (χ1v) is 9.44. The van der Waals surface area contributed by atoms with Crippen molar-refractivity contribution in [3.05, 3.63) is 0 Å². The molecule has 0 bridgehead atoms. The SMILES string of the molecule is CC(C)CCC(C(=O)O)(C(=O)O)C(C)(CCC(C)(C)C)CC(C)(C)C. The van der Waals surface area contributed by atoms with Crippen molar-refractivity contribution in [1.29, 1.82) is 0 Å². The topological polar surface area (TPSA) is 74.6 Å². The zero-order valence-electron chi connectivity index (χ0n) is 17.8. The van der Waals surface area contributed by atoms with E-state index in [1.807, 2.05) is 20.8 Å². The Morgan fingerprint density at radius 1 is 0.760 bits per heavy atom. The fraction of sp³-hybridized carbons (Fsp3) is 0.905. The second kappa shape index (κ2) is 8.09. The minimum Gasteiger partial charge on any atom is -0.480 e. The molecule has 4 heteroatoms. The van der Waals surface area contributed by atoms with Crippen LogP contribution >= 0.6 is 0 Å². The molecule has 0 aliphatic heterocycles. The standard InChI is InChI=1S/C21H40O4/c1-15(2)10-11-21(16(22)23,17(24)25)20(9,14-19(6,7)8)13-12-18(3,4)5/h15H,10-14H2,1-9H3,(H,22,23)(H,24,25). The number of hydrogen-bond acceptors (Lipinski definition) is 2. The molecule has 0 aromatic rings. The van der Waals surface area contributed by atoms with E-state index in [-0.39, 0.29) is 23.2 Å². The van der Waals surface area contributed by atoms with E-state index in [1.54, 1.807) is 0 Å². The zero-order valence-corrected chi connectivity index (χ0v) is 17.8. The van der Waals surface area contributed by atoms with Crippen molar-refractivity contribution in [1.82, 2.24) is 0 Å². The van der Waals surface area contributed by atoms with Gasteiger partial charge in [-0.1, -0.05) is 62.3 Å². The summed E-state index contributed by atoms with van der Waals surface area (Å²) in [6.07, 6.45) is 2.71. The summed E-state index contributed by atoms with van der Waals surface area (Å²) in [5, 5.41) is 20.2. The highest BCUT2D eigenvalue weighted by Gasteiger charge is 2.60. The quantitative estimate of drug-likeness (QED) is 0.508. The predicted molar refractivity (Wildman–Crippen MR) is 103 cm³/mol. The van der Waals surface area contributed by atoms with E-state index in [9.17, 15) is 19.8 Å². The monoisotopic (exact) mass is 356 g/mol. The van der Waals surface area contributed by atoms with Crippen LogP contribution in [0, 0.1) is 27.6 Å². The molecule has 0 aliphatic carbocycles. The van der Waals surface area contributed by atoms with Crippen LogP contribution in [0.1, 0.15) is 94.4 Å². The Morgan fingerprint density at radius 3 is 1.48 bits per heavy atom. The van der Waals surface area contributed by atoms with Crippen molar-refractivity contribution >= 4 is 11.9 Å². The predicted octanol–water partition coefficient (Wildman–Crippen LogP) is 5.85. The van der Waals surface area contributed by atoms with Crippen LogP contribution in [0.4, 0.5) is 0 Å². The van der Waals surface area contributed by atoms with Crippen molar-refractivity contribution in [2.24, 2.45) is 27.6 Å². The Bertz CT molecular complexity index is 451. The van der Waals surface area contributed by atoms with Crippen molar-refractivity contribution in [2.45, 2.75) is 94.4 Å². The first-order valence-electron chi connectivity index (χ1n) is 9.44. The van der Waals surface area contributed by atoms with Gasteiger partial charge in [-0.25, -0.2) is 0 Å². The van der Waals surface area contributed by atoms with Gasteiger partial charge in [0.2, 0.25) is 0 Å². The van der Waals surface area contributed by atoms with Crippen LogP contribution in [-0.2, 0) is 9.59 Å². The van der Waals surface area contributed by atoms with Gasteiger partial charge in [0.25, 0.3) is 0 Å². The third-order valence-electron chi connectivity index (χ3n) is 5.20. The van der Waals surface area contributed by atoms with Crippen molar-refractivity contribution in [3.63, 3.8) is 0 Å². The zero-order chi connectivity index (χ0) is 20.3. The van der Waals surface area contributed by atoms with Gasteiger partial charge >= 0.3 is 11.9 Å². The number of rotatable bonds is 9. The van der Waals surface area contributed by atoms with Crippen LogP contribution in [0.2, 0.25) is 0 Å². The summed E-state index contributed by atoms with van der Waals surface area (Å²) in [6, 6.07) is 0. The molecular formula is C21H40O4. The molecule has 0 radical (unpaired) electrons. The number of hydrogen-bond donors (Lipinski definition) is 2. The summed E-state index contributed by atoms with van der Waals surface area (Å²) in [5.74, 6) is -2.12. The normalized spacial score (nSPS) is 15.9. The first kappa shape index (κ1) is 23.9. The van der Waals surface area contributed by atoms with Crippen LogP contribution in [0.3, 0.4) is 0 Å². The van der Waals surface area contributed by atoms with E-state index < -0.39 is 22.8 Å². The lowest BCUT2D eigenvalue weighted by Crippen LogP contribution is -2.53. The van der Waals surface area contributed by atoms with Crippen LogP contribution in [0.25, 0.3) is 0 Å². The molecule has 0 saturated carbocycles. The summed E-state index contributed by atoms with van der Waals surface area (Å²) >= 11 is 0. The minimum atomic E-state index is -1.75. The molecule has 4 nitrogen and oxygen atoms in total. The third-order valence-corrected chi connectivity index (χ3v) is 5.20. The van der Waals surface area contributed by atoms with E-state index >= 15 is 0 Å². The first-order chi connectivity index (χ1) is 11.0. The Labute approximate surface area is 154 Å². The van der Waals surface area contributed by atoms with E-state index in [0.29, 0.717) is 19.3 Å². The van der Waals surface area contributed by atoms with Crippen molar-refractivity contribution < 1.29 is 19.8 Å². The second-order valence-corrected chi connectivity index (χ2v) is 10.8. The van der Waals surface area contributed by atoms with Gasteiger partial charge < -0.3 is 10.2 Å². The number of carbonyl (C=O) groups is 2. The summed E-state index contributed by atoms with van der Waals surface area (Å²) < 4.78 is 0. The van der Waals surface area contributed by atoms with Gasteiger partial charge in [0.1, 0.15) is 0 Å². The highest BCUT2D eigenvalue weighted by molar-refractivity contribution is 5.99. The summed E-state index contributed by atoms with van der Waals surface area (Å²) in [4.78, 5) is 24.7. The molecule has 0 saturated heterocycles. The van der Waals surface area contributed by atoms with Gasteiger partial charge in [0.05, 0.1) is 0 Å². The Kier molecular flexibility index (Phi) is 7.75. The highest BCUT2D eigenvalue weighted by Crippen LogP contribution is 2.54. The maximum atomic E-state index is 12.4. The van der Waals surface area contributed by atoms with E-state index in [2.05, 4.69) is 41.5 Å². The molecule has 0 fully saturated rings. The van der Waals surface area contributed by atoms with Crippen molar-refractivity contribution in [2.75, 3.05) is 0 Å². The van der Waals surface area contributed by atoms with E-state index in [0.717, 1.165) is 6.42 Å². The largest absolute Gasteiger partial charge is 0.480 e. The smallest absolute Gasteiger partial charge is 0.321 e. The second-order valence-electron chi connectivity index (χ2n) is 10.8. The summed E-state index contributed by atoms with van der Waals surface area (Å²) in [6.45, 7) is 18.4. The maximum Gasteiger partial charge on any atom is 0.321 e. The molecule has 0 aromatic carbocycles. The molecule has 0 rings (SSSR count). The number of carboxylic acid groups (broad SMARTS) is 2. The van der Waals surface area contributed by atoms with Crippen LogP contribution in [-0.4, -0.2) is 22.2 Å². The average Bonchev–Trinajstić information content (AvgIpc) is 2.32. The van der Waals surface area contributed by atoms with E-state index in [4.69, 9.17) is 0 Å². The summed E-state index contributed by atoms with van der Waals surface area (Å²) in [5.41, 5.74) is -2.69. The molecule has 0 aliphatic rings. The van der Waals surface area contributed by atoms with Gasteiger partial charge in [-0.05, 0) is 54.3 Å². The van der Waals surface area contributed by atoms with Gasteiger partial charge in [-0.15, -0.1) is 0 Å². The number of aliphatic carboxylic acids is 2. The lowest BCUT2D eigenvalue weighted by atomic mass is 9.54. The Hall–Kier alpha value is -1.06. The molecule has 1 atom stereocenters. The lowest BCUT2D eigenvalue weighted by molar-refractivity contribution is -0.180. The Balaban J connectivity index is 6.21. The van der Waals surface area contributed by atoms with Gasteiger partial charge in [0.15, 0.2) is 5.41 Å². The lowest BCUT2D eigenvalue weighted by Gasteiger charge is -2.47. The van der Waals surface area contributed by atoms with Crippen molar-refractivity contribution in [3.8, 4) is 0 Å². The fourth-order valence-electron chi connectivity index (χ4n) is 3.90. The molecule has 0 aromatic heterocycles. The van der Waals surface area contributed by atoms with Crippen LogP contribution in [0.15, 0.2) is 0 Å². The van der Waals surface area contributed by atoms with Crippen LogP contribution in [0.5, 0.6) is 0 Å². The fourth-order valence-corrected chi connectivity index (χ4v) is 3.90. The van der Waals surface area contributed by atoms with E-state index in [1.165, 1.54) is 0 Å². The molecular weight excluding hydrogens is 316 g/mol. The number of carboxylic acids is 2. The molecule has 1 unspecified atom stereocenters. The molecule has 0 spiro atoms. The average molecular weight is 357 g/mol. The molecule has 25 heavy (non-hydrogen) atoms. The molecule has 2 N–H and O–H groups in total. The third kappa shape index (κ3) is 6.63. The molecule has 0 heterocycles. The highest BCUT2D eigenvalue weighted by atomic mass is 16.4. The molecule has 148 valence electrons.